The first-order valence-electron chi connectivity index (χ1n) is 8.20. The summed E-state index contributed by atoms with van der Waals surface area (Å²) in [6.45, 7) is 13.2. The highest BCUT2D eigenvalue weighted by atomic mass is 32.1. The molecule has 0 spiro atoms. The minimum atomic E-state index is 0.555. The van der Waals surface area contributed by atoms with Crippen molar-refractivity contribution in [1.29, 1.82) is 0 Å². The monoisotopic (exact) mass is 274 g/mol. The lowest BCUT2D eigenvalue weighted by atomic mass is 10.1. The molecule has 0 aliphatic carbocycles. The van der Waals surface area contributed by atoms with E-state index in [0.29, 0.717) is 5.37 Å². The standard InChI is InChI=1S/C16H35NS/c1-5-9-13-17(14-10-6-2,15-11-7-3)16(18)12-8-4/h16H,5-15H2,1-4H3/p+1. The second-order valence-electron chi connectivity index (χ2n) is 5.72. The Morgan fingerprint density at radius 1 is 0.722 bits per heavy atom. The quantitative estimate of drug-likeness (QED) is 0.280. The molecule has 0 saturated heterocycles. The van der Waals surface area contributed by atoms with Crippen molar-refractivity contribution in [3.05, 3.63) is 0 Å². The van der Waals surface area contributed by atoms with Gasteiger partial charge in [-0.25, -0.2) is 0 Å². The predicted octanol–water partition coefficient (Wildman–Crippen LogP) is 5.26. The molecule has 0 aromatic heterocycles. The molecule has 0 radical (unpaired) electrons. The van der Waals surface area contributed by atoms with Crippen molar-refractivity contribution in [3.8, 4) is 0 Å². The zero-order valence-corrected chi connectivity index (χ0v) is 14.1. The minimum Gasteiger partial charge on any atom is -0.313 e. The van der Waals surface area contributed by atoms with Crippen LogP contribution < -0.4 is 0 Å². The molecule has 0 saturated carbocycles. The first-order valence-corrected chi connectivity index (χ1v) is 8.72. The van der Waals surface area contributed by atoms with Crippen LogP contribution in [0.25, 0.3) is 0 Å². The van der Waals surface area contributed by atoms with Crippen molar-refractivity contribution < 1.29 is 4.48 Å². The summed E-state index contributed by atoms with van der Waals surface area (Å²) in [5, 5.41) is 0.555. The zero-order chi connectivity index (χ0) is 13.9. The highest BCUT2D eigenvalue weighted by Crippen LogP contribution is 2.25. The molecule has 18 heavy (non-hydrogen) atoms. The Balaban J connectivity index is 4.72. The van der Waals surface area contributed by atoms with Crippen LogP contribution in [0, 0.1) is 0 Å². The van der Waals surface area contributed by atoms with Crippen LogP contribution in [0.1, 0.15) is 79.1 Å². The summed E-state index contributed by atoms with van der Waals surface area (Å²) in [4.78, 5) is 0. The minimum absolute atomic E-state index is 0.555. The Bertz CT molecular complexity index is 160. The maximum atomic E-state index is 4.98. The SMILES string of the molecule is CCCC[N+](CCCC)(CCCC)C(S)CCC. The van der Waals surface area contributed by atoms with E-state index < -0.39 is 0 Å². The molecule has 0 aliphatic rings. The van der Waals surface area contributed by atoms with Crippen LogP contribution in [-0.4, -0.2) is 29.5 Å². The Hall–Kier alpha value is 0.310. The van der Waals surface area contributed by atoms with E-state index in [-0.39, 0.29) is 0 Å². The molecule has 0 heterocycles. The number of hydrogen-bond donors (Lipinski definition) is 1. The molecule has 0 rings (SSSR count). The Labute approximate surface area is 121 Å². The molecule has 0 aromatic rings. The number of rotatable bonds is 12. The lowest BCUT2D eigenvalue weighted by Crippen LogP contribution is -2.55. The molecule has 1 unspecified atom stereocenters. The number of nitrogens with zero attached hydrogens (tertiary/aromatic N) is 1. The molecule has 110 valence electrons. The Morgan fingerprint density at radius 2 is 1.11 bits per heavy atom. The van der Waals surface area contributed by atoms with Gasteiger partial charge in [0.05, 0.1) is 19.6 Å². The van der Waals surface area contributed by atoms with Crippen LogP contribution in [0.15, 0.2) is 0 Å². The highest BCUT2D eigenvalue weighted by Gasteiger charge is 2.32. The van der Waals surface area contributed by atoms with Gasteiger partial charge in [-0.15, -0.1) is 12.6 Å². The zero-order valence-electron chi connectivity index (χ0n) is 13.2. The van der Waals surface area contributed by atoms with Gasteiger partial charge in [0, 0.05) is 6.42 Å². The maximum Gasteiger partial charge on any atom is 0.133 e. The highest BCUT2D eigenvalue weighted by molar-refractivity contribution is 7.80. The first kappa shape index (κ1) is 18.3. The van der Waals surface area contributed by atoms with Crippen molar-refractivity contribution in [3.63, 3.8) is 0 Å². The van der Waals surface area contributed by atoms with Crippen molar-refractivity contribution in [2.75, 3.05) is 19.6 Å². The van der Waals surface area contributed by atoms with E-state index in [1.54, 1.807) is 0 Å². The van der Waals surface area contributed by atoms with E-state index in [1.165, 1.54) is 75.5 Å². The summed E-state index contributed by atoms with van der Waals surface area (Å²) >= 11 is 4.98. The van der Waals surface area contributed by atoms with Crippen molar-refractivity contribution >= 4 is 12.6 Å². The van der Waals surface area contributed by atoms with Gasteiger partial charge < -0.3 is 4.48 Å². The first-order chi connectivity index (χ1) is 8.66. The summed E-state index contributed by atoms with van der Waals surface area (Å²) in [5.41, 5.74) is 0. The third-order valence-electron chi connectivity index (χ3n) is 4.05. The van der Waals surface area contributed by atoms with E-state index in [0.717, 1.165) is 0 Å². The van der Waals surface area contributed by atoms with Gasteiger partial charge in [-0.3, -0.25) is 0 Å². The average Bonchev–Trinajstić information content (AvgIpc) is 2.38. The predicted molar refractivity (Wildman–Crippen MR) is 87.3 cm³/mol. The van der Waals surface area contributed by atoms with Gasteiger partial charge >= 0.3 is 0 Å². The average molecular weight is 275 g/mol. The number of unbranched alkanes of at least 4 members (excludes halogenated alkanes) is 3. The fourth-order valence-corrected chi connectivity index (χ4v) is 3.34. The van der Waals surface area contributed by atoms with E-state index in [4.69, 9.17) is 12.6 Å². The fourth-order valence-electron chi connectivity index (χ4n) is 2.73. The third-order valence-corrected chi connectivity index (χ3v) is 4.80. The van der Waals surface area contributed by atoms with Crippen molar-refractivity contribution in [2.45, 2.75) is 84.4 Å². The molecular weight excluding hydrogens is 238 g/mol. The Kier molecular flexibility index (Phi) is 11.4. The smallest absolute Gasteiger partial charge is 0.133 e. The molecule has 0 bridgehead atoms. The van der Waals surface area contributed by atoms with Gasteiger partial charge in [0.15, 0.2) is 0 Å². The largest absolute Gasteiger partial charge is 0.313 e. The van der Waals surface area contributed by atoms with Gasteiger partial charge in [0.1, 0.15) is 5.37 Å². The van der Waals surface area contributed by atoms with E-state index in [1.807, 2.05) is 0 Å². The molecule has 0 N–H and O–H groups in total. The Morgan fingerprint density at radius 3 is 1.39 bits per heavy atom. The van der Waals surface area contributed by atoms with Crippen LogP contribution >= 0.6 is 12.6 Å². The van der Waals surface area contributed by atoms with Crippen LogP contribution in [-0.2, 0) is 0 Å². The summed E-state index contributed by atoms with van der Waals surface area (Å²) in [7, 11) is 0. The molecule has 1 atom stereocenters. The lowest BCUT2D eigenvalue weighted by molar-refractivity contribution is -0.938. The molecule has 2 heteroatoms. The third kappa shape index (κ3) is 6.47. The topological polar surface area (TPSA) is 0 Å². The van der Waals surface area contributed by atoms with Crippen molar-refractivity contribution in [1.82, 2.24) is 0 Å². The number of thiol groups is 1. The van der Waals surface area contributed by atoms with Gasteiger partial charge in [0.25, 0.3) is 0 Å². The molecule has 0 aliphatic heterocycles. The molecule has 1 nitrogen and oxygen atoms in total. The van der Waals surface area contributed by atoms with Gasteiger partial charge in [-0.05, 0) is 25.7 Å². The second-order valence-corrected chi connectivity index (χ2v) is 6.32. The molecular formula is C16H36NS+. The maximum absolute atomic E-state index is 4.98. The van der Waals surface area contributed by atoms with Crippen LogP contribution in [0.3, 0.4) is 0 Å². The van der Waals surface area contributed by atoms with Crippen LogP contribution in [0.4, 0.5) is 0 Å². The normalized spacial score (nSPS) is 13.8. The summed E-state index contributed by atoms with van der Waals surface area (Å²) in [6, 6.07) is 0. The lowest BCUT2D eigenvalue weighted by Gasteiger charge is -2.43. The number of quaternary nitrogens is 1. The molecule has 0 amide bonds. The van der Waals surface area contributed by atoms with Gasteiger partial charge in [0.2, 0.25) is 0 Å². The fraction of sp³-hybridized carbons (Fsp3) is 1.00. The van der Waals surface area contributed by atoms with Crippen LogP contribution in [0.2, 0.25) is 0 Å². The van der Waals surface area contributed by atoms with Gasteiger partial charge in [-0.1, -0.05) is 47.0 Å². The summed E-state index contributed by atoms with van der Waals surface area (Å²) in [5.74, 6) is 0. The number of hydrogen-bond acceptors (Lipinski definition) is 1. The summed E-state index contributed by atoms with van der Waals surface area (Å²) < 4.78 is 1.27. The van der Waals surface area contributed by atoms with E-state index in [9.17, 15) is 0 Å². The van der Waals surface area contributed by atoms with E-state index in [2.05, 4.69) is 27.7 Å². The van der Waals surface area contributed by atoms with E-state index >= 15 is 0 Å². The molecule has 0 aromatic carbocycles. The van der Waals surface area contributed by atoms with Crippen LogP contribution in [0.5, 0.6) is 0 Å². The summed E-state index contributed by atoms with van der Waals surface area (Å²) in [6.07, 6.45) is 10.5. The molecule has 0 fully saturated rings. The second kappa shape index (κ2) is 11.2. The van der Waals surface area contributed by atoms with Crippen molar-refractivity contribution in [2.24, 2.45) is 0 Å². The van der Waals surface area contributed by atoms with Gasteiger partial charge in [-0.2, -0.15) is 0 Å².